The van der Waals surface area contributed by atoms with Crippen LogP contribution in [0.5, 0.6) is 0 Å². The van der Waals surface area contributed by atoms with Gasteiger partial charge in [0.25, 0.3) is 0 Å². The SMILES string of the molecule is C=C/C=C(\C=C/C)/C=C/c1ccncc1. The molecule has 0 saturated heterocycles. The van der Waals surface area contributed by atoms with Crippen molar-refractivity contribution in [3.05, 3.63) is 72.6 Å². The van der Waals surface area contributed by atoms with E-state index >= 15 is 0 Å². The zero-order chi connectivity index (χ0) is 10.9. The molecule has 1 heterocycles. The van der Waals surface area contributed by atoms with Crippen LogP contribution >= 0.6 is 0 Å². The van der Waals surface area contributed by atoms with Crippen LogP contribution in [-0.4, -0.2) is 4.98 Å². The van der Waals surface area contributed by atoms with Crippen LogP contribution in [0.25, 0.3) is 6.08 Å². The van der Waals surface area contributed by atoms with Crippen LogP contribution in [-0.2, 0) is 0 Å². The van der Waals surface area contributed by atoms with Crippen LogP contribution in [0.4, 0.5) is 0 Å². The molecule has 0 bridgehead atoms. The van der Waals surface area contributed by atoms with E-state index in [0.717, 1.165) is 11.1 Å². The maximum atomic E-state index is 3.97. The third-order valence-electron chi connectivity index (χ3n) is 1.84. The van der Waals surface area contributed by atoms with Gasteiger partial charge in [0.05, 0.1) is 0 Å². The van der Waals surface area contributed by atoms with E-state index in [9.17, 15) is 0 Å². The van der Waals surface area contributed by atoms with E-state index in [-0.39, 0.29) is 0 Å². The van der Waals surface area contributed by atoms with Gasteiger partial charge in [0.2, 0.25) is 0 Å². The molecule has 0 fully saturated rings. The lowest BCUT2D eigenvalue weighted by Gasteiger charge is -1.93. The van der Waals surface area contributed by atoms with Crippen molar-refractivity contribution in [2.24, 2.45) is 0 Å². The number of allylic oxidation sites excluding steroid dienone is 6. The highest BCUT2D eigenvalue weighted by molar-refractivity contribution is 5.54. The number of aromatic nitrogens is 1. The molecule has 1 aromatic rings. The van der Waals surface area contributed by atoms with Crippen molar-refractivity contribution >= 4 is 6.08 Å². The standard InChI is InChI=1S/C14H15N/c1-3-5-13(6-4-2)7-8-14-9-11-15-12-10-14/h3-12H,1H2,2H3/b6-4-,8-7+,13-5+. The van der Waals surface area contributed by atoms with E-state index < -0.39 is 0 Å². The Kier molecular flexibility index (Phi) is 4.88. The van der Waals surface area contributed by atoms with Gasteiger partial charge in [-0.1, -0.05) is 43.0 Å². The van der Waals surface area contributed by atoms with Gasteiger partial charge >= 0.3 is 0 Å². The lowest BCUT2D eigenvalue weighted by atomic mass is 10.1. The van der Waals surface area contributed by atoms with Crippen molar-refractivity contribution in [3.8, 4) is 0 Å². The predicted molar refractivity (Wildman–Crippen MR) is 66.4 cm³/mol. The summed E-state index contributed by atoms with van der Waals surface area (Å²) in [6, 6.07) is 3.94. The summed E-state index contributed by atoms with van der Waals surface area (Å²) in [5.41, 5.74) is 2.27. The Balaban J connectivity index is 2.79. The first-order valence-electron chi connectivity index (χ1n) is 4.90. The summed E-state index contributed by atoms with van der Waals surface area (Å²) in [5.74, 6) is 0. The van der Waals surface area contributed by atoms with Gasteiger partial charge < -0.3 is 0 Å². The largest absolute Gasteiger partial charge is 0.265 e. The summed E-state index contributed by atoms with van der Waals surface area (Å²) < 4.78 is 0. The topological polar surface area (TPSA) is 12.9 Å². The van der Waals surface area contributed by atoms with Gasteiger partial charge in [0.15, 0.2) is 0 Å². The minimum atomic E-state index is 1.13. The lowest BCUT2D eigenvalue weighted by Crippen LogP contribution is -1.74. The molecule has 1 heteroatoms. The fourth-order valence-corrected chi connectivity index (χ4v) is 1.16. The first kappa shape index (κ1) is 11.2. The zero-order valence-electron chi connectivity index (χ0n) is 8.93. The van der Waals surface area contributed by atoms with Gasteiger partial charge in [0, 0.05) is 12.4 Å². The summed E-state index contributed by atoms with van der Waals surface area (Å²) in [4.78, 5) is 3.97. The predicted octanol–water partition coefficient (Wildman–Crippen LogP) is 3.78. The smallest absolute Gasteiger partial charge is 0.0273 e. The van der Waals surface area contributed by atoms with Gasteiger partial charge in [-0.05, 0) is 30.2 Å². The second-order valence-electron chi connectivity index (χ2n) is 3.02. The molecule has 0 amide bonds. The number of rotatable bonds is 4. The van der Waals surface area contributed by atoms with E-state index in [1.165, 1.54) is 0 Å². The molecule has 0 atom stereocenters. The molecule has 1 rings (SSSR count). The molecule has 0 radical (unpaired) electrons. The van der Waals surface area contributed by atoms with E-state index in [1.54, 1.807) is 18.5 Å². The van der Waals surface area contributed by atoms with Crippen molar-refractivity contribution in [1.82, 2.24) is 4.98 Å². The Morgan fingerprint density at radius 1 is 1.27 bits per heavy atom. The van der Waals surface area contributed by atoms with Gasteiger partial charge in [-0.25, -0.2) is 0 Å². The zero-order valence-corrected chi connectivity index (χ0v) is 8.93. The average Bonchev–Trinajstić information content (AvgIpc) is 2.28. The van der Waals surface area contributed by atoms with E-state index in [2.05, 4.69) is 23.7 Å². The summed E-state index contributed by atoms with van der Waals surface area (Å²) in [6.07, 6.45) is 15.5. The molecule has 0 N–H and O–H groups in total. The molecule has 15 heavy (non-hydrogen) atoms. The molecule has 0 aliphatic heterocycles. The second kappa shape index (κ2) is 6.55. The minimum absolute atomic E-state index is 1.13. The molecular weight excluding hydrogens is 182 g/mol. The van der Waals surface area contributed by atoms with Crippen LogP contribution in [0, 0.1) is 0 Å². The molecule has 1 aromatic heterocycles. The van der Waals surface area contributed by atoms with Crippen LogP contribution in [0.15, 0.2) is 67.1 Å². The molecule has 0 aromatic carbocycles. The number of nitrogens with zero attached hydrogens (tertiary/aromatic N) is 1. The van der Waals surface area contributed by atoms with E-state index in [1.807, 2.05) is 37.3 Å². The van der Waals surface area contributed by atoms with Crippen molar-refractivity contribution < 1.29 is 0 Å². The minimum Gasteiger partial charge on any atom is -0.265 e. The fraction of sp³-hybridized carbons (Fsp3) is 0.0714. The highest BCUT2D eigenvalue weighted by atomic mass is 14.6. The van der Waals surface area contributed by atoms with Gasteiger partial charge in [-0.3, -0.25) is 4.98 Å². The van der Waals surface area contributed by atoms with E-state index in [4.69, 9.17) is 0 Å². The summed E-state index contributed by atoms with van der Waals surface area (Å²) in [5, 5.41) is 0. The summed E-state index contributed by atoms with van der Waals surface area (Å²) in [7, 11) is 0. The molecule has 0 unspecified atom stereocenters. The quantitative estimate of drug-likeness (QED) is 0.669. The van der Waals surface area contributed by atoms with Crippen molar-refractivity contribution in [2.45, 2.75) is 6.92 Å². The number of hydrogen-bond acceptors (Lipinski definition) is 1. The van der Waals surface area contributed by atoms with Gasteiger partial charge in [-0.15, -0.1) is 0 Å². The first-order chi connectivity index (χ1) is 7.36. The second-order valence-corrected chi connectivity index (χ2v) is 3.02. The Morgan fingerprint density at radius 3 is 2.60 bits per heavy atom. The first-order valence-corrected chi connectivity index (χ1v) is 4.90. The summed E-state index contributed by atoms with van der Waals surface area (Å²) >= 11 is 0. The van der Waals surface area contributed by atoms with Crippen LogP contribution in [0.3, 0.4) is 0 Å². The molecule has 0 aliphatic carbocycles. The molecule has 76 valence electrons. The molecule has 0 spiro atoms. The molecule has 1 nitrogen and oxygen atoms in total. The van der Waals surface area contributed by atoms with Crippen LogP contribution < -0.4 is 0 Å². The van der Waals surface area contributed by atoms with Crippen molar-refractivity contribution in [2.75, 3.05) is 0 Å². The normalized spacial score (nSPS) is 12.5. The average molecular weight is 197 g/mol. The fourth-order valence-electron chi connectivity index (χ4n) is 1.16. The Labute approximate surface area is 91.2 Å². The van der Waals surface area contributed by atoms with Crippen LogP contribution in [0.2, 0.25) is 0 Å². The molecule has 0 saturated carbocycles. The van der Waals surface area contributed by atoms with Gasteiger partial charge in [-0.2, -0.15) is 0 Å². The monoisotopic (exact) mass is 197 g/mol. The highest BCUT2D eigenvalue weighted by Crippen LogP contribution is 2.05. The van der Waals surface area contributed by atoms with Gasteiger partial charge in [0.1, 0.15) is 0 Å². The Morgan fingerprint density at radius 2 is 2.00 bits per heavy atom. The van der Waals surface area contributed by atoms with E-state index in [0.29, 0.717) is 0 Å². The Hall–Kier alpha value is -1.89. The van der Waals surface area contributed by atoms with Crippen molar-refractivity contribution in [1.29, 1.82) is 0 Å². The lowest BCUT2D eigenvalue weighted by molar-refractivity contribution is 1.32. The maximum Gasteiger partial charge on any atom is 0.0273 e. The maximum absolute atomic E-state index is 3.97. The molecular formula is C14H15N. The van der Waals surface area contributed by atoms with Crippen molar-refractivity contribution in [3.63, 3.8) is 0 Å². The molecule has 0 aliphatic rings. The summed E-state index contributed by atoms with van der Waals surface area (Å²) in [6.45, 7) is 5.68. The third kappa shape index (κ3) is 4.23. The third-order valence-corrected chi connectivity index (χ3v) is 1.84. The Bertz CT molecular complexity index is 383. The van der Waals surface area contributed by atoms with Crippen LogP contribution in [0.1, 0.15) is 12.5 Å². The number of hydrogen-bond donors (Lipinski definition) is 0. The number of pyridine rings is 1. The highest BCUT2D eigenvalue weighted by Gasteiger charge is 1.85.